The van der Waals surface area contributed by atoms with Crippen molar-refractivity contribution in [3.63, 3.8) is 0 Å². The van der Waals surface area contributed by atoms with E-state index < -0.39 is 11.9 Å². The molecular weight excluding hydrogens is 727 g/mol. The Balaban J connectivity index is 0.000000149. The third-order valence-corrected chi connectivity index (χ3v) is 12.3. The van der Waals surface area contributed by atoms with Crippen LogP contribution >= 0.6 is 0 Å². The van der Waals surface area contributed by atoms with Crippen LogP contribution in [-0.4, -0.2) is 115 Å². The van der Waals surface area contributed by atoms with Gasteiger partial charge in [-0.3, -0.25) is 29.1 Å². The first-order chi connectivity index (χ1) is 27.6. The molecule has 16 nitrogen and oxygen atoms in total. The van der Waals surface area contributed by atoms with Gasteiger partial charge in [-0.2, -0.15) is 5.10 Å². The highest BCUT2D eigenvalue weighted by atomic mass is 16.5. The van der Waals surface area contributed by atoms with Crippen molar-refractivity contribution in [3.8, 4) is 17.3 Å². The minimum Gasteiger partial charge on any atom is -0.471 e. The van der Waals surface area contributed by atoms with Crippen LogP contribution in [0.25, 0.3) is 33.3 Å². The summed E-state index contributed by atoms with van der Waals surface area (Å²) in [7, 11) is 3.88. The molecule has 1 unspecified atom stereocenters. The van der Waals surface area contributed by atoms with Crippen LogP contribution in [0.15, 0.2) is 47.7 Å². The number of aryl methyl sites for hydroxylation is 1. The van der Waals surface area contributed by atoms with Crippen molar-refractivity contribution in [2.75, 3.05) is 56.1 Å². The number of carbonyl (C=O) groups excluding carboxylic acids is 2. The van der Waals surface area contributed by atoms with Crippen molar-refractivity contribution >= 4 is 45.3 Å². The van der Waals surface area contributed by atoms with Crippen LogP contribution in [0, 0.1) is 0 Å². The van der Waals surface area contributed by atoms with E-state index in [1.165, 1.54) is 23.8 Å². The summed E-state index contributed by atoms with van der Waals surface area (Å²) in [6, 6.07) is 9.31. The lowest BCUT2D eigenvalue weighted by Gasteiger charge is -2.37. The second kappa shape index (κ2) is 15.2. The maximum absolute atomic E-state index is 12.9. The second-order valence-corrected chi connectivity index (χ2v) is 16.5. The molecule has 5 aromatic rings. The number of anilines is 2. The van der Waals surface area contributed by atoms with Crippen LogP contribution in [0.2, 0.25) is 0 Å². The lowest BCUT2D eigenvalue weighted by molar-refractivity contribution is -0.135. The van der Waals surface area contributed by atoms with E-state index in [2.05, 4.69) is 59.1 Å². The fourth-order valence-electron chi connectivity index (χ4n) is 8.17. The molecule has 0 bridgehead atoms. The number of aromatic amines is 1. The number of imidazole rings is 1. The van der Waals surface area contributed by atoms with Crippen molar-refractivity contribution < 1.29 is 19.1 Å². The fraction of sp³-hybridized carbons (Fsp3) is 0.537. The van der Waals surface area contributed by atoms with Crippen molar-refractivity contribution in [1.82, 2.24) is 44.5 Å². The molecule has 300 valence electrons. The average molecular weight is 778 g/mol. The molecule has 5 aliphatic rings. The van der Waals surface area contributed by atoms with Crippen LogP contribution in [0.4, 0.5) is 11.5 Å². The molecule has 2 N–H and O–H groups in total. The number of benzene rings is 1. The minimum absolute atomic E-state index is 0.0614. The first-order valence-corrected chi connectivity index (χ1v) is 20.3. The Morgan fingerprint density at radius 3 is 2.32 bits per heavy atom. The molecule has 57 heavy (non-hydrogen) atoms. The molecule has 10 rings (SSSR count). The number of nitrogens with one attached hydrogen (secondary N) is 2. The van der Waals surface area contributed by atoms with Crippen LogP contribution in [-0.2, 0) is 21.4 Å². The summed E-state index contributed by atoms with van der Waals surface area (Å²) in [5, 5.41) is 10.8. The highest BCUT2D eigenvalue weighted by Crippen LogP contribution is 2.40. The van der Waals surface area contributed by atoms with E-state index in [4.69, 9.17) is 9.47 Å². The summed E-state index contributed by atoms with van der Waals surface area (Å²) in [4.78, 5) is 57.0. The Morgan fingerprint density at radius 1 is 0.825 bits per heavy atom. The summed E-state index contributed by atoms with van der Waals surface area (Å²) in [6.07, 6.45) is 12.7. The van der Waals surface area contributed by atoms with Gasteiger partial charge in [-0.05, 0) is 83.5 Å². The van der Waals surface area contributed by atoms with Crippen molar-refractivity contribution in [3.05, 3.63) is 53.3 Å². The number of fused-ring (bicyclic) bond motifs is 2. The molecule has 2 amide bonds. The van der Waals surface area contributed by atoms with Crippen molar-refractivity contribution in [2.24, 2.45) is 7.05 Å². The van der Waals surface area contributed by atoms with Gasteiger partial charge < -0.3 is 24.2 Å². The van der Waals surface area contributed by atoms with Gasteiger partial charge in [0.1, 0.15) is 29.5 Å². The fourth-order valence-corrected chi connectivity index (χ4v) is 8.17. The van der Waals surface area contributed by atoms with Gasteiger partial charge in [0.2, 0.25) is 17.7 Å². The van der Waals surface area contributed by atoms with Crippen LogP contribution in [0.1, 0.15) is 70.8 Å². The van der Waals surface area contributed by atoms with E-state index in [1.807, 2.05) is 30.3 Å². The first-order valence-electron chi connectivity index (χ1n) is 20.3. The largest absolute Gasteiger partial charge is 0.471 e. The molecule has 16 heteroatoms. The minimum atomic E-state index is -0.649. The van der Waals surface area contributed by atoms with Crippen LogP contribution in [0.3, 0.4) is 0 Å². The smallest absolute Gasteiger partial charge is 0.329 e. The lowest BCUT2D eigenvalue weighted by atomic mass is 9.95. The molecular formula is C41H51N11O5. The number of pyridine rings is 1. The highest BCUT2D eigenvalue weighted by Gasteiger charge is 2.40. The zero-order chi connectivity index (χ0) is 39.3. The molecule has 2 aliphatic carbocycles. The highest BCUT2D eigenvalue weighted by molar-refractivity contribution is 6.00. The summed E-state index contributed by atoms with van der Waals surface area (Å²) < 4.78 is 15.3. The molecule has 5 fully saturated rings. The SMILES string of the molecule is CN1CCN(c2cc(-c3n[nH]c4cnc(OC5(C)CC5)cc34)ncn2)CC1.Cn1c(=O)n(C2CCC(=O)NC2=O)c2ccc(N3CCC(OC4CCC4)CC3)cc21. The van der Waals surface area contributed by atoms with Crippen LogP contribution < -0.4 is 25.5 Å². The Bertz CT molecular complexity index is 2350. The maximum atomic E-state index is 12.9. The quantitative estimate of drug-likeness (QED) is 0.218. The lowest BCUT2D eigenvalue weighted by Crippen LogP contribution is -2.44. The number of imide groups is 1. The Kier molecular flexibility index (Phi) is 9.93. The standard InChI is InChI=1S/C22H28N4O4.C19H23N7O/c1-24-19-13-14(25-11-9-16(10-12-25)30-15-3-2-4-15)5-6-17(19)26(22(24)29)18-7-8-20(27)23-21(18)28;1-19(3-4-19)27-17-9-13-15(11-20-17)23-24-18(13)14-10-16(22-12-21-14)26-7-5-25(2)6-8-26/h5-6,13,15-16,18H,2-4,7-12H2,1H3,(H,23,27,28);9-12H,3-8H2,1-2H3,(H,23,24). The number of H-pyrrole nitrogens is 1. The molecule has 3 aliphatic heterocycles. The van der Waals surface area contributed by atoms with E-state index in [1.54, 1.807) is 24.1 Å². The number of nitrogens with zero attached hydrogens (tertiary/aromatic N) is 9. The molecule has 1 aromatic carbocycles. The number of likely N-dealkylation sites (N-methyl/N-ethyl adjacent to an activating group) is 1. The summed E-state index contributed by atoms with van der Waals surface area (Å²) in [5.74, 6) is 0.897. The van der Waals surface area contributed by atoms with Gasteiger partial charge in [0.25, 0.3) is 0 Å². The Morgan fingerprint density at radius 2 is 1.60 bits per heavy atom. The zero-order valence-corrected chi connectivity index (χ0v) is 32.9. The molecule has 0 spiro atoms. The summed E-state index contributed by atoms with van der Waals surface area (Å²) in [6.45, 7) is 7.99. The zero-order valence-electron chi connectivity index (χ0n) is 32.9. The summed E-state index contributed by atoms with van der Waals surface area (Å²) >= 11 is 0. The van der Waals surface area contributed by atoms with Gasteiger partial charge in [-0.25, -0.2) is 19.7 Å². The number of hydrogen-bond acceptors (Lipinski definition) is 12. The van der Waals surface area contributed by atoms with Gasteiger partial charge in [-0.1, -0.05) is 0 Å². The number of piperidine rings is 2. The normalized spacial score (nSPS) is 21.6. The Labute approximate surface area is 330 Å². The van der Waals surface area contributed by atoms with E-state index in [9.17, 15) is 14.4 Å². The average Bonchev–Trinajstić information content (AvgIpc) is 3.69. The second-order valence-electron chi connectivity index (χ2n) is 16.5. The molecule has 2 saturated carbocycles. The number of aromatic nitrogens is 7. The van der Waals surface area contributed by atoms with E-state index in [-0.39, 0.29) is 23.6 Å². The van der Waals surface area contributed by atoms with Crippen molar-refractivity contribution in [1.29, 1.82) is 0 Å². The molecule has 1 atom stereocenters. The van der Waals surface area contributed by atoms with Gasteiger partial charge in [0, 0.05) is 75.9 Å². The van der Waals surface area contributed by atoms with Gasteiger partial charge >= 0.3 is 5.69 Å². The topological polar surface area (TPSA) is 169 Å². The molecule has 3 saturated heterocycles. The van der Waals surface area contributed by atoms with E-state index in [0.717, 1.165) is 110 Å². The predicted octanol–water partition coefficient (Wildman–Crippen LogP) is 3.95. The van der Waals surface area contributed by atoms with Gasteiger partial charge in [0.15, 0.2) is 0 Å². The summed E-state index contributed by atoms with van der Waals surface area (Å²) in [5.41, 5.74) is 4.80. The third kappa shape index (κ3) is 7.72. The number of amides is 2. The number of rotatable bonds is 8. The number of ether oxygens (including phenoxy) is 2. The molecule has 0 radical (unpaired) electrons. The van der Waals surface area contributed by atoms with Gasteiger partial charge in [0.05, 0.1) is 40.6 Å². The molecule has 7 heterocycles. The predicted molar refractivity (Wildman–Crippen MR) is 215 cm³/mol. The maximum Gasteiger partial charge on any atom is 0.329 e. The Hall–Kier alpha value is -5.35. The molecule has 4 aromatic heterocycles. The first kappa shape index (κ1) is 37.2. The van der Waals surface area contributed by atoms with Crippen molar-refractivity contribution in [2.45, 2.75) is 88.6 Å². The monoisotopic (exact) mass is 777 g/mol. The van der Waals surface area contributed by atoms with Gasteiger partial charge in [-0.15, -0.1) is 0 Å². The third-order valence-electron chi connectivity index (χ3n) is 12.3. The number of carbonyl (C=O) groups is 2. The van der Waals surface area contributed by atoms with Crippen LogP contribution in [0.5, 0.6) is 5.88 Å². The number of piperazine rings is 1. The van der Waals surface area contributed by atoms with E-state index >= 15 is 0 Å². The van der Waals surface area contributed by atoms with E-state index in [0.29, 0.717) is 24.5 Å². The number of hydrogen-bond donors (Lipinski definition) is 2.